The molecule has 2 unspecified atom stereocenters. The molecule has 90 valence electrons. The first-order valence-electron chi connectivity index (χ1n) is 5.22. The van der Waals surface area contributed by atoms with Gasteiger partial charge in [-0.2, -0.15) is 11.8 Å². The second-order valence-electron chi connectivity index (χ2n) is 3.93. The summed E-state index contributed by atoms with van der Waals surface area (Å²) < 4.78 is 0. The highest BCUT2D eigenvalue weighted by Crippen LogP contribution is 2.20. The normalized spacial score (nSPS) is 23.9. The van der Waals surface area contributed by atoms with Crippen molar-refractivity contribution in [2.75, 3.05) is 19.3 Å². The summed E-state index contributed by atoms with van der Waals surface area (Å²) in [6.07, 6.45) is 5.69. The zero-order chi connectivity index (χ0) is 10.6. The van der Waals surface area contributed by atoms with Gasteiger partial charge in [-0.15, -0.1) is 12.4 Å². The average molecular weight is 253 g/mol. The van der Waals surface area contributed by atoms with Crippen LogP contribution in [0, 0.1) is 0 Å². The first-order chi connectivity index (χ1) is 6.65. The van der Waals surface area contributed by atoms with Crippen LogP contribution in [-0.2, 0) is 4.79 Å². The lowest BCUT2D eigenvalue weighted by molar-refractivity contribution is -0.132. The summed E-state index contributed by atoms with van der Waals surface area (Å²) in [6.45, 7) is 3.53. The van der Waals surface area contributed by atoms with E-state index >= 15 is 0 Å². The van der Waals surface area contributed by atoms with E-state index < -0.39 is 0 Å². The fraction of sp³-hybridized carbons (Fsp3) is 0.900. The van der Waals surface area contributed by atoms with Crippen molar-refractivity contribution in [1.82, 2.24) is 4.90 Å². The quantitative estimate of drug-likeness (QED) is 0.810. The highest BCUT2D eigenvalue weighted by Gasteiger charge is 2.22. The molecule has 1 aliphatic heterocycles. The molecule has 0 spiro atoms. The van der Waals surface area contributed by atoms with Crippen molar-refractivity contribution in [3.63, 3.8) is 0 Å². The minimum absolute atomic E-state index is 0. The predicted octanol–water partition coefficient (Wildman–Crippen LogP) is 1.50. The highest BCUT2D eigenvalue weighted by molar-refractivity contribution is 7.99. The standard InChI is InChI=1S/C10H20N2OS.ClH/c1-8(11)10(13)12-6-4-3-5-9(7-12)14-2;/h8-9H,3-7,11H2,1-2H3;1H. The van der Waals surface area contributed by atoms with Gasteiger partial charge in [-0.25, -0.2) is 0 Å². The molecular formula is C10H21ClN2OS. The molecule has 0 bridgehead atoms. The Balaban J connectivity index is 0.00000196. The molecule has 1 fully saturated rings. The van der Waals surface area contributed by atoms with Gasteiger partial charge in [0.25, 0.3) is 0 Å². The number of thioether (sulfide) groups is 1. The SMILES string of the molecule is CSC1CCCCN(C(=O)C(C)N)C1.Cl. The monoisotopic (exact) mass is 252 g/mol. The lowest BCUT2D eigenvalue weighted by atomic mass is 10.2. The zero-order valence-electron chi connectivity index (χ0n) is 9.44. The maximum absolute atomic E-state index is 11.7. The van der Waals surface area contributed by atoms with Crippen LogP contribution in [0.1, 0.15) is 26.2 Å². The van der Waals surface area contributed by atoms with Gasteiger partial charge < -0.3 is 10.6 Å². The molecule has 0 saturated carbocycles. The maximum atomic E-state index is 11.7. The molecule has 0 aromatic rings. The van der Waals surface area contributed by atoms with Gasteiger partial charge in [0, 0.05) is 18.3 Å². The summed E-state index contributed by atoms with van der Waals surface area (Å²) in [6, 6.07) is -0.351. The molecule has 1 saturated heterocycles. The summed E-state index contributed by atoms with van der Waals surface area (Å²) >= 11 is 1.86. The van der Waals surface area contributed by atoms with Gasteiger partial charge in [-0.1, -0.05) is 6.42 Å². The van der Waals surface area contributed by atoms with Gasteiger partial charge >= 0.3 is 0 Å². The van der Waals surface area contributed by atoms with Gasteiger partial charge in [0.1, 0.15) is 0 Å². The first-order valence-corrected chi connectivity index (χ1v) is 6.51. The average Bonchev–Trinajstić information content (AvgIpc) is 2.41. The molecule has 1 aliphatic rings. The first kappa shape index (κ1) is 15.1. The summed E-state index contributed by atoms with van der Waals surface area (Å²) in [7, 11) is 0. The molecule has 15 heavy (non-hydrogen) atoms. The van der Waals surface area contributed by atoms with Crippen molar-refractivity contribution in [3.8, 4) is 0 Å². The van der Waals surface area contributed by atoms with Gasteiger partial charge in [0.05, 0.1) is 6.04 Å². The Kier molecular flexibility index (Phi) is 7.40. The van der Waals surface area contributed by atoms with E-state index in [1.807, 2.05) is 16.7 Å². The number of likely N-dealkylation sites (tertiary alicyclic amines) is 1. The summed E-state index contributed by atoms with van der Waals surface area (Å²) in [5.41, 5.74) is 5.61. The number of hydrogen-bond acceptors (Lipinski definition) is 3. The van der Waals surface area contributed by atoms with Crippen LogP contribution in [0.3, 0.4) is 0 Å². The third-order valence-corrected chi connectivity index (χ3v) is 3.71. The van der Waals surface area contributed by atoms with Crippen molar-refractivity contribution in [3.05, 3.63) is 0 Å². The Morgan fingerprint density at radius 3 is 2.73 bits per heavy atom. The number of rotatable bonds is 2. The van der Waals surface area contributed by atoms with E-state index in [0.717, 1.165) is 19.5 Å². The van der Waals surface area contributed by atoms with Crippen LogP contribution in [0.2, 0.25) is 0 Å². The third kappa shape index (κ3) is 4.62. The van der Waals surface area contributed by atoms with Crippen LogP contribution in [0.25, 0.3) is 0 Å². The van der Waals surface area contributed by atoms with E-state index in [4.69, 9.17) is 5.73 Å². The van der Waals surface area contributed by atoms with E-state index in [9.17, 15) is 4.79 Å². The van der Waals surface area contributed by atoms with E-state index in [1.165, 1.54) is 12.8 Å². The molecule has 1 heterocycles. The number of carbonyl (C=O) groups is 1. The highest BCUT2D eigenvalue weighted by atomic mass is 35.5. The van der Waals surface area contributed by atoms with Crippen molar-refractivity contribution in [1.29, 1.82) is 0 Å². The van der Waals surface area contributed by atoms with Crippen molar-refractivity contribution >= 4 is 30.1 Å². The molecule has 5 heteroatoms. The number of amides is 1. The topological polar surface area (TPSA) is 46.3 Å². The Labute approximate surface area is 103 Å². The van der Waals surface area contributed by atoms with Crippen LogP contribution in [0.5, 0.6) is 0 Å². The van der Waals surface area contributed by atoms with E-state index in [2.05, 4.69) is 6.26 Å². The van der Waals surface area contributed by atoms with Crippen LogP contribution in [0.4, 0.5) is 0 Å². The van der Waals surface area contributed by atoms with Crippen molar-refractivity contribution in [2.45, 2.75) is 37.5 Å². The van der Waals surface area contributed by atoms with Crippen molar-refractivity contribution < 1.29 is 4.79 Å². The Morgan fingerprint density at radius 1 is 1.53 bits per heavy atom. The molecule has 1 rings (SSSR count). The maximum Gasteiger partial charge on any atom is 0.239 e. The summed E-state index contributed by atoms with van der Waals surface area (Å²) in [5, 5.41) is 0.597. The summed E-state index contributed by atoms with van der Waals surface area (Å²) in [5.74, 6) is 0.103. The molecule has 3 nitrogen and oxygen atoms in total. The fourth-order valence-electron chi connectivity index (χ4n) is 1.78. The van der Waals surface area contributed by atoms with Gasteiger partial charge in [0.2, 0.25) is 5.91 Å². The molecular weight excluding hydrogens is 232 g/mol. The van der Waals surface area contributed by atoms with Crippen LogP contribution in [0.15, 0.2) is 0 Å². The van der Waals surface area contributed by atoms with Crippen LogP contribution < -0.4 is 5.73 Å². The minimum atomic E-state index is -0.351. The molecule has 2 atom stereocenters. The Bertz CT molecular complexity index is 202. The molecule has 1 amide bonds. The lowest BCUT2D eigenvalue weighted by Crippen LogP contribution is -2.44. The molecule has 0 radical (unpaired) electrons. The lowest BCUT2D eigenvalue weighted by Gasteiger charge is -2.25. The number of nitrogens with zero attached hydrogens (tertiary/aromatic N) is 1. The van der Waals surface area contributed by atoms with E-state index in [1.54, 1.807) is 6.92 Å². The second-order valence-corrected chi connectivity index (χ2v) is 5.06. The number of carbonyl (C=O) groups excluding carboxylic acids is 1. The van der Waals surface area contributed by atoms with E-state index in [0.29, 0.717) is 5.25 Å². The number of nitrogens with two attached hydrogens (primary N) is 1. The molecule has 0 aromatic heterocycles. The Hall–Kier alpha value is 0.0700. The number of hydrogen-bond donors (Lipinski definition) is 1. The predicted molar refractivity (Wildman–Crippen MR) is 68.6 cm³/mol. The zero-order valence-corrected chi connectivity index (χ0v) is 11.1. The van der Waals surface area contributed by atoms with Crippen LogP contribution in [-0.4, -0.2) is 41.4 Å². The smallest absolute Gasteiger partial charge is 0.239 e. The van der Waals surface area contributed by atoms with Crippen LogP contribution >= 0.6 is 24.2 Å². The van der Waals surface area contributed by atoms with E-state index in [-0.39, 0.29) is 24.4 Å². The van der Waals surface area contributed by atoms with Gasteiger partial charge in [-0.05, 0) is 26.0 Å². The molecule has 0 aromatic carbocycles. The van der Waals surface area contributed by atoms with Crippen molar-refractivity contribution in [2.24, 2.45) is 5.73 Å². The second kappa shape index (κ2) is 7.36. The minimum Gasteiger partial charge on any atom is -0.340 e. The number of halogens is 1. The Morgan fingerprint density at radius 2 is 2.20 bits per heavy atom. The molecule has 0 aliphatic carbocycles. The third-order valence-electron chi connectivity index (χ3n) is 2.66. The molecule has 2 N–H and O–H groups in total. The van der Waals surface area contributed by atoms with Gasteiger partial charge in [0.15, 0.2) is 0 Å². The largest absolute Gasteiger partial charge is 0.340 e. The fourth-order valence-corrected chi connectivity index (χ4v) is 2.51. The summed E-state index contributed by atoms with van der Waals surface area (Å²) in [4.78, 5) is 13.6. The van der Waals surface area contributed by atoms with Gasteiger partial charge in [-0.3, -0.25) is 4.79 Å².